The van der Waals surface area contributed by atoms with Gasteiger partial charge in [0.05, 0.1) is 6.61 Å². The molecule has 0 aliphatic carbocycles. The van der Waals surface area contributed by atoms with E-state index in [-0.39, 0.29) is 12.3 Å². The Hall–Kier alpha value is -1.88. The Morgan fingerprint density at radius 3 is 2.56 bits per heavy atom. The lowest BCUT2D eigenvalue weighted by Gasteiger charge is -2.14. The molecule has 0 aliphatic rings. The number of aliphatic carboxylic acids is 1. The van der Waals surface area contributed by atoms with Crippen molar-refractivity contribution in [3.8, 4) is 0 Å². The summed E-state index contributed by atoms with van der Waals surface area (Å²) >= 11 is 0. The van der Waals surface area contributed by atoms with Gasteiger partial charge < -0.3 is 15.2 Å². The zero-order chi connectivity index (χ0) is 13.4. The van der Waals surface area contributed by atoms with Crippen molar-refractivity contribution in [2.45, 2.75) is 19.4 Å². The first-order valence-electron chi connectivity index (χ1n) is 5.80. The predicted molar refractivity (Wildman–Crippen MR) is 66.1 cm³/mol. The monoisotopic (exact) mass is 251 g/mol. The van der Waals surface area contributed by atoms with Gasteiger partial charge in [0.15, 0.2) is 6.04 Å². The minimum Gasteiger partial charge on any atom is -0.479 e. The fourth-order valence-corrected chi connectivity index (χ4v) is 1.48. The number of carbonyl (C=O) groups is 2. The molecule has 5 nitrogen and oxygen atoms in total. The van der Waals surface area contributed by atoms with E-state index in [1.165, 1.54) is 0 Å². The topological polar surface area (TPSA) is 75.6 Å². The molecule has 0 heterocycles. The van der Waals surface area contributed by atoms with Gasteiger partial charge >= 0.3 is 5.97 Å². The number of benzene rings is 1. The summed E-state index contributed by atoms with van der Waals surface area (Å²) in [5, 5.41) is 11.6. The van der Waals surface area contributed by atoms with Gasteiger partial charge in [-0.2, -0.15) is 0 Å². The molecular weight excluding hydrogens is 234 g/mol. The number of amides is 1. The lowest BCUT2D eigenvalue weighted by atomic mass is 10.1. The summed E-state index contributed by atoms with van der Waals surface area (Å²) in [5.41, 5.74) is 0.551. The maximum atomic E-state index is 11.6. The molecule has 0 aliphatic heterocycles. The van der Waals surface area contributed by atoms with Crippen molar-refractivity contribution >= 4 is 11.9 Å². The van der Waals surface area contributed by atoms with Crippen LogP contribution < -0.4 is 5.32 Å². The van der Waals surface area contributed by atoms with Crippen LogP contribution in [0.25, 0.3) is 0 Å². The van der Waals surface area contributed by atoms with Crippen molar-refractivity contribution in [1.82, 2.24) is 5.32 Å². The first-order chi connectivity index (χ1) is 8.65. The van der Waals surface area contributed by atoms with E-state index in [1.807, 2.05) is 6.92 Å². The average Bonchev–Trinajstić information content (AvgIpc) is 2.37. The highest BCUT2D eigenvalue weighted by Crippen LogP contribution is 2.12. The largest absolute Gasteiger partial charge is 0.479 e. The van der Waals surface area contributed by atoms with Crippen LogP contribution in [-0.2, 0) is 14.3 Å². The van der Waals surface area contributed by atoms with Crippen LogP contribution in [0, 0.1) is 0 Å². The molecule has 1 aromatic carbocycles. The summed E-state index contributed by atoms with van der Waals surface area (Å²) in [6.45, 7) is 2.67. The minimum absolute atomic E-state index is 0.157. The smallest absolute Gasteiger partial charge is 0.330 e. The van der Waals surface area contributed by atoms with Crippen molar-refractivity contribution < 1.29 is 19.4 Å². The molecule has 0 aromatic heterocycles. The highest BCUT2D eigenvalue weighted by Gasteiger charge is 2.21. The molecule has 2 N–H and O–H groups in total. The molecule has 1 amide bonds. The van der Waals surface area contributed by atoms with Gasteiger partial charge in [0.25, 0.3) is 0 Å². The Morgan fingerprint density at radius 2 is 2.00 bits per heavy atom. The summed E-state index contributed by atoms with van der Waals surface area (Å²) < 4.78 is 5.04. The van der Waals surface area contributed by atoms with Crippen molar-refractivity contribution in [2.24, 2.45) is 0 Å². The lowest BCUT2D eigenvalue weighted by molar-refractivity contribution is -0.142. The molecule has 5 heteroatoms. The number of carboxylic acid groups (broad SMARTS) is 1. The van der Waals surface area contributed by atoms with Crippen LogP contribution in [0.4, 0.5) is 0 Å². The zero-order valence-electron chi connectivity index (χ0n) is 10.3. The molecule has 0 spiro atoms. The predicted octanol–water partition coefficient (Wildman–Crippen LogP) is 1.36. The number of hydrogen-bond donors (Lipinski definition) is 2. The summed E-state index contributed by atoms with van der Waals surface area (Å²) in [6, 6.07) is 7.58. The zero-order valence-corrected chi connectivity index (χ0v) is 10.3. The fourth-order valence-electron chi connectivity index (χ4n) is 1.48. The molecule has 0 saturated heterocycles. The number of carboxylic acids is 1. The van der Waals surface area contributed by atoms with E-state index in [0.29, 0.717) is 18.8 Å². The molecule has 18 heavy (non-hydrogen) atoms. The fraction of sp³-hybridized carbons (Fsp3) is 0.385. The van der Waals surface area contributed by atoms with E-state index in [1.54, 1.807) is 30.3 Å². The Labute approximate surface area is 106 Å². The number of rotatable bonds is 7. The molecule has 0 saturated carbocycles. The quantitative estimate of drug-likeness (QED) is 0.717. The third-order valence-electron chi connectivity index (χ3n) is 2.36. The summed E-state index contributed by atoms with van der Waals surface area (Å²) in [4.78, 5) is 22.7. The normalized spacial score (nSPS) is 11.8. The Balaban J connectivity index is 2.59. The number of hydrogen-bond acceptors (Lipinski definition) is 3. The highest BCUT2D eigenvalue weighted by molar-refractivity contribution is 5.84. The Morgan fingerprint density at radius 1 is 1.33 bits per heavy atom. The Kier molecular flexibility index (Phi) is 5.87. The van der Waals surface area contributed by atoms with Crippen LogP contribution in [-0.4, -0.2) is 30.2 Å². The molecule has 1 atom stereocenters. The standard InChI is InChI=1S/C13H17NO4/c1-2-18-9-8-11(15)14-12(13(16)17)10-6-4-3-5-7-10/h3-7,12H,2,8-9H2,1H3,(H,14,15)(H,16,17). The minimum atomic E-state index is -1.08. The summed E-state index contributed by atoms with van der Waals surface area (Å²) in [7, 11) is 0. The second kappa shape index (κ2) is 7.45. The van der Waals surface area contributed by atoms with E-state index in [4.69, 9.17) is 9.84 Å². The number of ether oxygens (including phenoxy) is 1. The number of nitrogens with one attached hydrogen (secondary N) is 1. The van der Waals surface area contributed by atoms with Gasteiger partial charge in [-0.1, -0.05) is 30.3 Å². The molecule has 1 rings (SSSR count). The van der Waals surface area contributed by atoms with Crippen LogP contribution in [0.2, 0.25) is 0 Å². The summed E-state index contributed by atoms with van der Waals surface area (Å²) in [5.74, 6) is -1.41. The molecule has 0 fully saturated rings. The van der Waals surface area contributed by atoms with Crippen molar-refractivity contribution in [2.75, 3.05) is 13.2 Å². The van der Waals surface area contributed by atoms with Gasteiger partial charge in [0.1, 0.15) is 0 Å². The maximum absolute atomic E-state index is 11.6. The van der Waals surface area contributed by atoms with Crippen LogP contribution in [0.1, 0.15) is 24.9 Å². The van der Waals surface area contributed by atoms with E-state index >= 15 is 0 Å². The highest BCUT2D eigenvalue weighted by atomic mass is 16.5. The van der Waals surface area contributed by atoms with Crippen molar-refractivity contribution in [1.29, 1.82) is 0 Å². The average molecular weight is 251 g/mol. The van der Waals surface area contributed by atoms with Gasteiger partial charge in [-0.15, -0.1) is 0 Å². The Bertz CT molecular complexity index is 391. The van der Waals surface area contributed by atoms with E-state index in [9.17, 15) is 9.59 Å². The summed E-state index contributed by atoms with van der Waals surface area (Å²) in [6.07, 6.45) is 0.157. The van der Waals surface area contributed by atoms with Gasteiger partial charge in [-0.05, 0) is 12.5 Å². The maximum Gasteiger partial charge on any atom is 0.330 e. The van der Waals surface area contributed by atoms with Crippen LogP contribution >= 0.6 is 0 Å². The lowest BCUT2D eigenvalue weighted by Crippen LogP contribution is -2.34. The number of carbonyl (C=O) groups excluding carboxylic acids is 1. The molecular formula is C13H17NO4. The van der Waals surface area contributed by atoms with Crippen molar-refractivity contribution in [3.05, 3.63) is 35.9 Å². The van der Waals surface area contributed by atoms with Gasteiger partial charge in [-0.25, -0.2) is 4.79 Å². The molecule has 1 aromatic rings. The first-order valence-corrected chi connectivity index (χ1v) is 5.80. The third-order valence-corrected chi connectivity index (χ3v) is 2.36. The SMILES string of the molecule is CCOCCC(=O)NC(C(=O)O)c1ccccc1. The third kappa shape index (κ3) is 4.55. The van der Waals surface area contributed by atoms with Crippen LogP contribution in [0.3, 0.4) is 0 Å². The molecule has 98 valence electrons. The molecule has 0 radical (unpaired) electrons. The van der Waals surface area contributed by atoms with Gasteiger partial charge in [0.2, 0.25) is 5.91 Å². The van der Waals surface area contributed by atoms with E-state index in [0.717, 1.165) is 0 Å². The van der Waals surface area contributed by atoms with Crippen LogP contribution in [0.5, 0.6) is 0 Å². The van der Waals surface area contributed by atoms with Crippen LogP contribution in [0.15, 0.2) is 30.3 Å². The second-order valence-electron chi connectivity index (χ2n) is 3.70. The molecule has 0 bridgehead atoms. The van der Waals surface area contributed by atoms with E-state index < -0.39 is 12.0 Å². The van der Waals surface area contributed by atoms with E-state index in [2.05, 4.69) is 5.32 Å². The van der Waals surface area contributed by atoms with Crippen molar-refractivity contribution in [3.63, 3.8) is 0 Å². The molecule has 1 unspecified atom stereocenters. The van der Waals surface area contributed by atoms with Gasteiger partial charge in [0, 0.05) is 13.0 Å². The second-order valence-corrected chi connectivity index (χ2v) is 3.70. The van der Waals surface area contributed by atoms with Gasteiger partial charge in [-0.3, -0.25) is 4.79 Å². The first kappa shape index (κ1) is 14.2.